The SMILES string of the molecule is CC(C)(O)CCC[C@](C)(O)C1CC[C@@]2(O)C3CC(=O)C4CCCCC4(C)C3CCC12C. The molecule has 178 valence electrons. The molecule has 4 nitrogen and oxygen atoms in total. The summed E-state index contributed by atoms with van der Waals surface area (Å²) in [6.45, 7) is 10.1. The third-order valence-electron chi connectivity index (χ3n) is 10.8. The molecule has 4 aliphatic rings. The molecule has 8 atom stereocenters. The van der Waals surface area contributed by atoms with Crippen LogP contribution in [0, 0.1) is 34.5 Å². The summed E-state index contributed by atoms with van der Waals surface area (Å²) in [7, 11) is 0. The Hall–Kier alpha value is -0.450. The van der Waals surface area contributed by atoms with E-state index in [0.717, 1.165) is 38.5 Å². The van der Waals surface area contributed by atoms with Crippen molar-refractivity contribution in [2.75, 3.05) is 0 Å². The second-order valence-electron chi connectivity index (χ2n) is 13.2. The van der Waals surface area contributed by atoms with Crippen LogP contribution in [-0.2, 0) is 4.79 Å². The Morgan fingerprint density at radius 3 is 2.32 bits per heavy atom. The second-order valence-corrected chi connectivity index (χ2v) is 13.2. The molecule has 3 N–H and O–H groups in total. The first-order valence-electron chi connectivity index (χ1n) is 12.9. The van der Waals surface area contributed by atoms with Crippen LogP contribution >= 0.6 is 0 Å². The number of carbonyl (C=O) groups excluding carboxylic acids is 1. The Morgan fingerprint density at radius 2 is 1.65 bits per heavy atom. The summed E-state index contributed by atoms with van der Waals surface area (Å²) < 4.78 is 0. The van der Waals surface area contributed by atoms with Gasteiger partial charge in [0.05, 0.1) is 16.8 Å². The smallest absolute Gasteiger partial charge is 0.136 e. The summed E-state index contributed by atoms with van der Waals surface area (Å²) in [4.78, 5) is 13.3. The quantitative estimate of drug-likeness (QED) is 0.568. The number of fused-ring (bicyclic) bond motifs is 5. The maximum absolute atomic E-state index is 13.3. The van der Waals surface area contributed by atoms with Crippen LogP contribution in [0.1, 0.15) is 112 Å². The van der Waals surface area contributed by atoms with Gasteiger partial charge < -0.3 is 15.3 Å². The number of Topliss-reactive ketones (excluding diaryl/α,β-unsaturated/α-hetero) is 1. The lowest BCUT2D eigenvalue weighted by atomic mass is 9.42. The van der Waals surface area contributed by atoms with E-state index in [1.54, 1.807) is 0 Å². The highest BCUT2D eigenvalue weighted by Crippen LogP contribution is 2.69. The van der Waals surface area contributed by atoms with Gasteiger partial charge in [-0.05, 0) is 102 Å². The van der Waals surface area contributed by atoms with Gasteiger partial charge in [-0.15, -0.1) is 0 Å². The summed E-state index contributed by atoms with van der Waals surface area (Å²) in [5.41, 5.74) is -2.76. The van der Waals surface area contributed by atoms with Crippen molar-refractivity contribution in [3.8, 4) is 0 Å². The van der Waals surface area contributed by atoms with Crippen LogP contribution in [0.5, 0.6) is 0 Å². The molecule has 0 spiro atoms. The predicted molar refractivity (Wildman–Crippen MR) is 122 cm³/mol. The molecule has 31 heavy (non-hydrogen) atoms. The highest BCUT2D eigenvalue weighted by molar-refractivity contribution is 5.83. The van der Waals surface area contributed by atoms with Gasteiger partial charge in [-0.1, -0.05) is 26.7 Å². The lowest BCUT2D eigenvalue weighted by Crippen LogP contribution is -2.64. The molecular weight excluding hydrogens is 388 g/mol. The Morgan fingerprint density at radius 1 is 0.935 bits per heavy atom. The maximum Gasteiger partial charge on any atom is 0.136 e. The topological polar surface area (TPSA) is 77.8 Å². The van der Waals surface area contributed by atoms with Gasteiger partial charge in [-0.25, -0.2) is 0 Å². The molecule has 4 fully saturated rings. The van der Waals surface area contributed by atoms with Gasteiger partial charge in [-0.3, -0.25) is 4.79 Å². The Kier molecular flexibility index (Phi) is 5.76. The Labute approximate surface area is 189 Å². The lowest BCUT2D eigenvalue weighted by molar-refractivity contribution is -0.217. The summed E-state index contributed by atoms with van der Waals surface area (Å²) in [6.07, 6.45) is 10.7. The van der Waals surface area contributed by atoms with Crippen LogP contribution in [0.2, 0.25) is 0 Å². The second kappa shape index (κ2) is 7.53. The van der Waals surface area contributed by atoms with Crippen LogP contribution in [0.15, 0.2) is 0 Å². The standard InChI is InChI=1S/C27H46O4/c1-23(2,29)12-8-14-26(5,30)22-11-16-27(31)20-17-21(28)19-9-6-7-13-24(19,3)18(20)10-15-25(22,27)4/h18-20,22,29-31H,6-17H2,1-5H3/t18?,19?,20?,22?,24?,25?,26-,27+/m0/s1. The van der Waals surface area contributed by atoms with E-state index >= 15 is 0 Å². The minimum atomic E-state index is -0.868. The maximum atomic E-state index is 13.3. The number of hydrogen-bond acceptors (Lipinski definition) is 4. The van der Waals surface area contributed by atoms with Crippen molar-refractivity contribution in [1.82, 2.24) is 0 Å². The van der Waals surface area contributed by atoms with E-state index in [9.17, 15) is 20.1 Å². The molecule has 0 radical (unpaired) electrons. The molecule has 6 unspecified atom stereocenters. The molecule has 0 aromatic rings. The number of aliphatic hydroxyl groups is 3. The van der Waals surface area contributed by atoms with E-state index in [-0.39, 0.29) is 28.6 Å². The van der Waals surface area contributed by atoms with Crippen molar-refractivity contribution in [1.29, 1.82) is 0 Å². The van der Waals surface area contributed by atoms with E-state index < -0.39 is 16.8 Å². The third-order valence-corrected chi connectivity index (χ3v) is 10.8. The van der Waals surface area contributed by atoms with Gasteiger partial charge in [0, 0.05) is 17.8 Å². The van der Waals surface area contributed by atoms with Crippen molar-refractivity contribution >= 4 is 5.78 Å². The van der Waals surface area contributed by atoms with E-state index in [0.29, 0.717) is 37.4 Å². The summed E-state index contributed by atoms with van der Waals surface area (Å²) in [6, 6.07) is 0. The zero-order valence-electron chi connectivity index (χ0n) is 20.5. The molecule has 0 aliphatic heterocycles. The summed E-state index contributed by atoms with van der Waals surface area (Å²) in [5.74, 6) is 1.07. The van der Waals surface area contributed by atoms with Gasteiger partial charge in [0.25, 0.3) is 0 Å². The van der Waals surface area contributed by atoms with Crippen molar-refractivity contribution in [3.63, 3.8) is 0 Å². The van der Waals surface area contributed by atoms with E-state index in [2.05, 4.69) is 13.8 Å². The predicted octanol–water partition coefficient (Wildman–Crippen LogP) is 5.02. The lowest BCUT2D eigenvalue weighted by Gasteiger charge is -2.63. The monoisotopic (exact) mass is 434 g/mol. The van der Waals surface area contributed by atoms with E-state index in [4.69, 9.17) is 0 Å². The number of carbonyl (C=O) groups is 1. The number of hydrogen-bond donors (Lipinski definition) is 3. The van der Waals surface area contributed by atoms with Crippen LogP contribution in [-0.4, -0.2) is 37.9 Å². The molecule has 0 aromatic heterocycles. The zero-order valence-corrected chi connectivity index (χ0v) is 20.5. The first-order chi connectivity index (χ1) is 14.2. The molecule has 0 bridgehead atoms. The van der Waals surface area contributed by atoms with Gasteiger partial charge in [0.1, 0.15) is 5.78 Å². The summed E-state index contributed by atoms with van der Waals surface area (Å²) in [5, 5.41) is 33.9. The third kappa shape index (κ3) is 3.64. The molecule has 0 heterocycles. The fraction of sp³-hybridized carbons (Fsp3) is 0.963. The van der Waals surface area contributed by atoms with Crippen molar-refractivity contribution in [3.05, 3.63) is 0 Å². The highest BCUT2D eigenvalue weighted by Gasteiger charge is 2.69. The summed E-state index contributed by atoms with van der Waals surface area (Å²) >= 11 is 0. The number of ketones is 1. The Balaban J connectivity index is 1.58. The molecule has 4 aliphatic carbocycles. The molecular formula is C27H46O4. The normalized spacial score (nSPS) is 47.3. The van der Waals surface area contributed by atoms with E-state index in [1.807, 2.05) is 20.8 Å². The zero-order chi connectivity index (χ0) is 22.9. The largest absolute Gasteiger partial charge is 0.390 e. The first-order valence-corrected chi connectivity index (χ1v) is 12.9. The van der Waals surface area contributed by atoms with Crippen LogP contribution in [0.25, 0.3) is 0 Å². The van der Waals surface area contributed by atoms with Gasteiger partial charge >= 0.3 is 0 Å². The van der Waals surface area contributed by atoms with Gasteiger partial charge in [0.2, 0.25) is 0 Å². The number of rotatable bonds is 5. The molecule has 0 aromatic carbocycles. The Bertz CT molecular complexity index is 709. The molecule has 4 rings (SSSR count). The minimum absolute atomic E-state index is 0.0275. The minimum Gasteiger partial charge on any atom is -0.390 e. The average Bonchev–Trinajstić information content (AvgIpc) is 2.93. The highest BCUT2D eigenvalue weighted by atomic mass is 16.3. The van der Waals surface area contributed by atoms with Gasteiger partial charge in [0.15, 0.2) is 0 Å². The molecule has 4 heteroatoms. The van der Waals surface area contributed by atoms with Crippen molar-refractivity contribution < 1.29 is 20.1 Å². The fourth-order valence-electron chi connectivity index (χ4n) is 9.10. The van der Waals surface area contributed by atoms with Gasteiger partial charge in [-0.2, -0.15) is 0 Å². The van der Waals surface area contributed by atoms with Crippen LogP contribution in [0.4, 0.5) is 0 Å². The first kappa shape index (κ1) is 23.7. The van der Waals surface area contributed by atoms with Crippen LogP contribution in [0.3, 0.4) is 0 Å². The van der Waals surface area contributed by atoms with Crippen molar-refractivity contribution in [2.45, 2.75) is 128 Å². The van der Waals surface area contributed by atoms with E-state index in [1.165, 1.54) is 12.8 Å². The fourth-order valence-corrected chi connectivity index (χ4v) is 9.10. The van der Waals surface area contributed by atoms with Crippen LogP contribution < -0.4 is 0 Å². The molecule has 0 amide bonds. The van der Waals surface area contributed by atoms with Crippen molar-refractivity contribution in [2.24, 2.45) is 34.5 Å². The average molecular weight is 435 g/mol. The molecule has 4 saturated carbocycles. The molecule has 0 saturated heterocycles.